The number of benzene rings is 3. The highest BCUT2D eigenvalue weighted by atomic mass is 16.5. The molecule has 0 fully saturated rings. The van der Waals surface area contributed by atoms with E-state index in [-0.39, 0.29) is 19.0 Å². The topological polar surface area (TPSA) is 127 Å². The number of amides is 2. The number of ether oxygens (including phenoxy) is 1. The van der Waals surface area contributed by atoms with E-state index in [0.717, 1.165) is 22.3 Å². The van der Waals surface area contributed by atoms with Crippen molar-refractivity contribution < 1.29 is 24.1 Å². The van der Waals surface area contributed by atoms with Crippen LogP contribution in [0.25, 0.3) is 22.5 Å². The molecule has 0 aliphatic carbocycles. The van der Waals surface area contributed by atoms with Gasteiger partial charge in [-0.15, -0.1) is 0 Å². The summed E-state index contributed by atoms with van der Waals surface area (Å²) >= 11 is 0. The first-order valence-corrected chi connectivity index (χ1v) is 10.9. The highest BCUT2D eigenvalue weighted by Gasteiger charge is 2.42. The fourth-order valence-corrected chi connectivity index (χ4v) is 3.35. The molecule has 1 unspecified atom stereocenters. The van der Waals surface area contributed by atoms with Gasteiger partial charge < -0.3 is 14.6 Å². The maximum atomic E-state index is 12.9. The Morgan fingerprint density at radius 3 is 2.11 bits per heavy atom. The second kappa shape index (κ2) is 10.7. The Morgan fingerprint density at radius 1 is 0.886 bits per heavy atom. The van der Waals surface area contributed by atoms with Crippen LogP contribution in [0, 0.1) is 0 Å². The number of aromatic nitrogens is 2. The molecule has 0 saturated heterocycles. The van der Waals surface area contributed by atoms with E-state index in [1.165, 1.54) is 12.4 Å². The second-order valence-corrected chi connectivity index (χ2v) is 7.89. The van der Waals surface area contributed by atoms with Gasteiger partial charge in [-0.05, 0) is 23.6 Å². The number of nitrogens with one attached hydrogen (secondary N) is 2. The van der Waals surface area contributed by atoms with E-state index in [9.17, 15) is 14.8 Å². The van der Waals surface area contributed by atoms with Gasteiger partial charge in [0.15, 0.2) is 0 Å². The molecule has 0 aliphatic heterocycles. The summed E-state index contributed by atoms with van der Waals surface area (Å²) in [6.45, 7) is 1.11. The predicted octanol–water partition coefficient (Wildman–Crippen LogP) is 3.50. The lowest BCUT2D eigenvalue weighted by Crippen LogP contribution is -2.56. The molecule has 4 aromatic rings. The van der Waals surface area contributed by atoms with Crippen molar-refractivity contribution >= 4 is 11.8 Å². The van der Waals surface area contributed by atoms with Crippen LogP contribution in [0.2, 0.25) is 0 Å². The summed E-state index contributed by atoms with van der Waals surface area (Å²) in [5.74, 6) is -1.25. The summed E-state index contributed by atoms with van der Waals surface area (Å²) in [5.41, 5.74) is 3.10. The SMILES string of the molecule is CC(OCc1ccc(-c2ccccc2)cc1)(C(=O)NO)C(=O)NCc1nc(-c2ccccc2)no1. The van der Waals surface area contributed by atoms with Crippen molar-refractivity contribution in [2.45, 2.75) is 25.7 Å². The predicted molar refractivity (Wildman–Crippen MR) is 127 cm³/mol. The van der Waals surface area contributed by atoms with Crippen molar-refractivity contribution in [1.82, 2.24) is 20.9 Å². The molecule has 0 radical (unpaired) electrons. The lowest BCUT2D eigenvalue weighted by molar-refractivity contribution is -0.166. The van der Waals surface area contributed by atoms with E-state index in [1.807, 2.05) is 84.9 Å². The fourth-order valence-electron chi connectivity index (χ4n) is 3.35. The van der Waals surface area contributed by atoms with Crippen molar-refractivity contribution in [3.05, 3.63) is 96.4 Å². The summed E-state index contributed by atoms with van der Waals surface area (Å²) < 4.78 is 10.9. The molecule has 0 spiro atoms. The van der Waals surface area contributed by atoms with E-state index >= 15 is 0 Å². The minimum Gasteiger partial charge on any atom is -0.351 e. The van der Waals surface area contributed by atoms with E-state index < -0.39 is 17.4 Å². The Hall–Kier alpha value is -4.34. The number of carbonyl (C=O) groups excluding carboxylic acids is 2. The van der Waals surface area contributed by atoms with E-state index in [1.54, 1.807) is 0 Å². The van der Waals surface area contributed by atoms with Crippen LogP contribution >= 0.6 is 0 Å². The van der Waals surface area contributed by atoms with Gasteiger partial charge in [-0.3, -0.25) is 14.8 Å². The Bertz CT molecular complexity index is 1280. The van der Waals surface area contributed by atoms with E-state index in [0.29, 0.717) is 5.82 Å². The summed E-state index contributed by atoms with van der Waals surface area (Å²) in [6.07, 6.45) is 0. The van der Waals surface area contributed by atoms with Crippen LogP contribution in [-0.4, -0.2) is 32.8 Å². The molecule has 0 saturated carbocycles. The van der Waals surface area contributed by atoms with Gasteiger partial charge in [-0.25, -0.2) is 5.48 Å². The van der Waals surface area contributed by atoms with Gasteiger partial charge in [-0.2, -0.15) is 4.98 Å². The van der Waals surface area contributed by atoms with Gasteiger partial charge in [-0.1, -0.05) is 90.1 Å². The third kappa shape index (κ3) is 5.60. The molecule has 1 atom stereocenters. The average Bonchev–Trinajstić information content (AvgIpc) is 3.40. The lowest BCUT2D eigenvalue weighted by atomic mass is 10.0. The number of hydrogen-bond acceptors (Lipinski definition) is 7. The molecule has 9 heteroatoms. The van der Waals surface area contributed by atoms with Crippen molar-refractivity contribution in [1.29, 1.82) is 0 Å². The molecule has 178 valence electrons. The molecule has 0 bridgehead atoms. The average molecular weight is 473 g/mol. The third-order valence-corrected chi connectivity index (χ3v) is 5.46. The Morgan fingerprint density at radius 2 is 1.49 bits per heavy atom. The molecule has 35 heavy (non-hydrogen) atoms. The first-order valence-electron chi connectivity index (χ1n) is 10.9. The molecular weight excluding hydrogens is 448 g/mol. The van der Waals surface area contributed by atoms with Crippen LogP contribution in [0.3, 0.4) is 0 Å². The number of carbonyl (C=O) groups is 2. The highest BCUT2D eigenvalue weighted by molar-refractivity contribution is 6.07. The van der Waals surface area contributed by atoms with Crippen LogP contribution in [0.1, 0.15) is 18.4 Å². The van der Waals surface area contributed by atoms with Crippen LogP contribution in [-0.2, 0) is 27.5 Å². The second-order valence-electron chi connectivity index (χ2n) is 7.89. The van der Waals surface area contributed by atoms with Crippen LogP contribution in [0.5, 0.6) is 0 Å². The van der Waals surface area contributed by atoms with Crippen LogP contribution in [0.15, 0.2) is 89.5 Å². The van der Waals surface area contributed by atoms with Crippen LogP contribution in [0.4, 0.5) is 0 Å². The largest absolute Gasteiger partial charge is 0.351 e. The number of hydroxylamine groups is 1. The molecule has 3 N–H and O–H groups in total. The summed E-state index contributed by atoms with van der Waals surface area (Å²) in [5, 5.41) is 15.6. The number of nitrogens with zero attached hydrogens (tertiary/aromatic N) is 2. The van der Waals surface area contributed by atoms with E-state index in [4.69, 9.17) is 9.26 Å². The summed E-state index contributed by atoms with van der Waals surface area (Å²) in [7, 11) is 0. The molecule has 4 rings (SSSR count). The molecule has 1 aromatic heterocycles. The Balaban J connectivity index is 1.40. The third-order valence-electron chi connectivity index (χ3n) is 5.46. The molecule has 1 heterocycles. The smallest absolute Gasteiger partial charge is 0.285 e. The number of hydrogen-bond donors (Lipinski definition) is 3. The van der Waals surface area contributed by atoms with Gasteiger partial charge in [0, 0.05) is 5.56 Å². The monoisotopic (exact) mass is 472 g/mol. The van der Waals surface area contributed by atoms with Gasteiger partial charge in [0.25, 0.3) is 11.8 Å². The maximum absolute atomic E-state index is 12.9. The van der Waals surface area contributed by atoms with Crippen molar-refractivity contribution in [3.63, 3.8) is 0 Å². The quantitative estimate of drug-likeness (QED) is 0.193. The van der Waals surface area contributed by atoms with Gasteiger partial charge >= 0.3 is 0 Å². The Kier molecular flexibility index (Phi) is 7.30. The van der Waals surface area contributed by atoms with Crippen molar-refractivity contribution in [3.8, 4) is 22.5 Å². The standard InChI is InChI=1S/C26H24N4O5/c1-26(25(32)29-33,34-17-18-12-14-20(15-13-18)19-8-4-2-5-9-19)24(31)27-16-22-28-23(30-35-22)21-10-6-3-7-11-21/h2-15,33H,16-17H2,1H3,(H,27,31)(H,29,32). The zero-order valence-electron chi connectivity index (χ0n) is 19.0. The molecular formula is C26H24N4O5. The maximum Gasteiger partial charge on any atom is 0.285 e. The van der Waals surface area contributed by atoms with Crippen molar-refractivity contribution in [2.24, 2.45) is 0 Å². The minimum absolute atomic E-state index is 0.0366. The highest BCUT2D eigenvalue weighted by Crippen LogP contribution is 2.21. The summed E-state index contributed by atoms with van der Waals surface area (Å²) in [4.78, 5) is 29.5. The van der Waals surface area contributed by atoms with Gasteiger partial charge in [0.1, 0.15) is 0 Å². The first kappa shape index (κ1) is 23.8. The van der Waals surface area contributed by atoms with E-state index in [2.05, 4.69) is 15.5 Å². The first-order chi connectivity index (χ1) is 17.0. The fraction of sp³-hybridized carbons (Fsp3) is 0.154. The number of rotatable bonds is 9. The zero-order valence-corrected chi connectivity index (χ0v) is 19.0. The van der Waals surface area contributed by atoms with Crippen molar-refractivity contribution in [2.75, 3.05) is 0 Å². The summed E-state index contributed by atoms with van der Waals surface area (Å²) in [6, 6.07) is 26.6. The van der Waals surface area contributed by atoms with Gasteiger partial charge in [0.2, 0.25) is 17.3 Å². The van der Waals surface area contributed by atoms with Gasteiger partial charge in [0.05, 0.1) is 13.2 Å². The molecule has 0 aliphatic rings. The zero-order chi connectivity index (χ0) is 24.7. The molecule has 2 amide bonds. The molecule has 3 aromatic carbocycles. The molecule has 9 nitrogen and oxygen atoms in total. The normalized spacial score (nSPS) is 12.5. The minimum atomic E-state index is -2.00. The lowest BCUT2D eigenvalue weighted by Gasteiger charge is -2.26. The van der Waals surface area contributed by atoms with Crippen LogP contribution < -0.4 is 10.8 Å². The Labute approximate surface area is 201 Å².